The first-order valence-electron chi connectivity index (χ1n) is 15.5. The number of fused-ring (bicyclic) bond motifs is 1. The molecule has 1 fully saturated rings. The van der Waals surface area contributed by atoms with E-state index in [9.17, 15) is 18.8 Å². The van der Waals surface area contributed by atoms with Crippen molar-refractivity contribution in [1.29, 1.82) is 0 Å². The third-order valence-electron chi connectivity index (χ3n) is 8.93. The predicted octanol–water partition coefficient (Wildman–Crippen LogP) is 4.96. The van der Waals surface area contributed by atoms with Crippen LogP contribution in [0.5, 0.6) is 5.75 Å². The van der Waals surface area contributed by atoms with E-state index in [1.165, 1.54) is 58.4 Å². The van der Waals surface area contributed by atoms with Gasteiger partial charge in [-0.2, -0.15) is 10.2 Å². The molecule has 13 heteroatoms. The number of carbonyl (C=O) groups is 1. The van der Waals surface area contributed by atoms with Gasteiger partial charge in [0.2, 0.25) is 5.91 Å². The van der Waals surface area contributed by atoms with Crippen molar-refractivity contribution < 1.29 is 18.7 Å². The van der Waals surface area contributed by atoms with E-state index in [-0.39, 0.29) is 25.0 Å². The van der Waals surface area contributed by atoms with Crippen molar-refractivity contribution in [2.45, 2.75) is 91.0 Å². The number of rotatable bonds is 11. The lowest BCUT2D eigenvalue weighted by atomic mass is 9.94. The van der Waals surface area contributed by atoms with E-state index in [1.807, 2.05) is 20.8 Å². The summed E-state index contributed by atoms with van der Waals surface area (Å²) in [6, 6.07) is 4.18. The van der Waals surface area contributed by atoms with Crippen LogP contribution in [0.3, 0.4) is 0 Å². The molecule has 1 amide bonds. The number of benzene rings is 1. The molecule has 0 saturated carbocycles. The summed E-state index contributed by atoms with van der Waals surface area (Å²) in [5.41, 5.74) is -1.61. The van der Waals surface area contributed by atoms with Crippen LogP contribution in [0.15, 0.2) is 40.2 Å². The third-order valence-corrected chi connectivity index (χ3v) is 10.2. The molecule has 11 nitrogen and oxygen atoms in total. The maximum absolute atomic E-state index is 14.7. The topological polar surface area (TPSA) is 113 Å². The number of nitrogens with zero attached hydrogens (tertiary/aromatic N) is 6. The highest BCUT2D eigenvalue weighted by atomic mass is 32.1. The van der Waals surface area contributed by atoms with Gasteiger partial charge in [0, 0.05) is 24.2 Å². The van der Waals surface area contributed by atoms with Crippen LogP contribution >= 0.6 is 11.3 Å². The van der Waals surface area contributed by atoms with Gasteiger partial charge in [0.05, 0.1) is 37.5 Å². The number of likely N-dealkylation sites (tertiary alicyclic amines) is 1. The Kier molecular flexibility index (Phi) is 9.59. The van der Waals surface area contributed by atoms with Crippen LogP contribution in [0.2, 0.25) is 0 Å². The van der Waals surface area contributed by atoms with E-state index < -0.39 is 28.7 Å². The van der Waals surface area contributed by atoms with Crippen LogP contribution in [0.1, 0.15) is 77.0 Å². The molecule has 0 bridgehead atoms. The lowest BCUT2D eigenvalue weighted by Gasteiger charge is -2.37. The molecular weight excluding hydrogens is 599 g/mol. The summed E-state index contributed by atoms with van der Waals surface area (Å²) in [6.07, 6.45) is 5.68. The Morgan fingerprint density at radius 2 is 1.82 bits per heavy atom. The zero-order chi connectivity index (χ0) is 32.5. The minimum absolute atomic E-state index is 0.0661. The second-order valence-electron chi connectivity index (χ2n) is 11.8. The SMILES string of the molecule is CCC(C)O[C@@H](Cn1c(=O)n(C(C)(CC)C(=O)N2CCCCC2)c(=O)c2c(C)c(-n3nccn3)sc21)c1cc(F)ccc1OC. The van der Waals surface area contributed by atoms with Crippen LogP contribution < -0.4 is 16.0 Å². The van der Waals surface area contributed by atoms with Gasteiger partial charge in [-0.05, 0) is 71.1 Å². The van der Waals surface area contributed by atoms with Crippen LogP contribution in [0.4, 0.5) is 4.39 Å². The number of ether oxygens (including phenoxy) is 2. The summed E-state index contributed by atoms with van der Waals surface area (Å²) >= 11 is 1.21. The summed E-state index contributed by atoms with van der Waals surface area (Å²) in [6.45, 7) is 10.2. The van der Waals surface area contributed by atoms with E-state index in [0.717, 1.165) is 23.8 Å². The Morgan fingerprint density at radius 1 is 1.13 bits per heavy atom. The van der Waals surface area contributed by atoms with Crippen LogP contribution in [0, 0.1) is 12.7 Å². The molecule has 3 atom stereocenters. The molecule has 4 aromatic rings. The number of halogens is 1. The van der Waals surface area contributed by atoms with Crippen molar-refractivity contribution in [2.75, 3.05) is 20.2 Å². The number of aryl methyl sites for hydroxylation is 1. The average Bonchev–Trinajstić information content (AvgIpc) is 3.70. The number of thiophene rings is 1. The summed E-state index contributed by atoms with van der Waals surface area (Å²) in [5.74, 6) is -0.323. The van der Waals surface area contributed by atoms with E-state index in [1.54, 1.807) is 18.7 Å². The van der Waals surface area contributed by atoms with Gasteiger partial charge in [-0.15, -0.1) is 4.80 Å². The highest BCUT2D eigenvalue weighted by Crippen LogP contribution is 2.35. The molecule has 5 rings (SSSR count). The van der Waals surface area contributed by atoms with E-state index in [4.69, 9.17) is 9.47 Å². The van der Waals surface area contributed by atoms with E-state index in [2.05, 4.69) is 10.2 Å². The van der Waals surface area contributed by atoms with Gasteiger partial charge in [0.15, 0.2) is 0 Å². The first-order valence-corrected chi connectivity index (χ1v) is 16.3. The number of methoxy groups -OCH3 is 1. The Morgan fingerprint density at radius 3 is 2.44 bits per heavy atom. The standard InChI is InChI=1S/C32H41FN6O5S/c1-7-20(3)44-25(23-18-22(33)12-13-24(23)43-6)19-37-29-26(21(4)28(45-29)39-34-14-15-35-39)27(40)38(31(37)42)32(5,8-2)30(41)36-16-10-9-11-17-36/h12-15,18,20,25H,7-11,16-17,19H2,1-6H3/t20?,25-,32?/m0/s1. The van der Waals surface area contributed by atoms with Gasteiger partial charge in [-0.25, -0.2) is 13.8 Å². The van der Waals surface area contributed by atoms with Crippen molar-refractivity contribution in [3.05, 3.63) is 68.4 Å². The molecule has 1 aliphatic heterocycles. The van der Waals surface area contributed by atoms with Gasteiger partial charge in [-0.1, -0.05) is 25.2 Å². The fourth-order valence-electron chi connectivity index (χ4n) is 6.00. The van der Waals surface area contributed by atoms with Crippen molar-refractivity contribution in [2.24, 2.45) is 0 Å². The molecule has 242 valence electrons. The van der Waals surface area contributed by atoms with Crippen molar-refractivity contribution in [3.63, 3.8) is 0 Å². The minimum Gasteiger partial charge on any atom is -0.496 e. The van der Waals surface area contributed by atoms with Crippen LogP contribution in [-0.2, 0) is 21.6 Å². The quantitative estimate of drug-likeness (QED) is 0.228. The predicted molar refractivity (Wildman–Crippen MR) is 171 cm³/mol. The van der Waals surface area contributed by atoms with Crippen molar-refractivity contribution in [1.82, 2.24) is 29.0 Å². The number of hydrogen-bond donors (Lipinski definition) is 0. The highest BCUT2D eigenvalue weighted by Gasteiger charge is 2.41. The number of hydrogen-bond acceptors (Lipinski definition) is 8. The molecule has 1 aromatic carbocycles. The first kappa shape index (κ1) is 32.6. The number of carbonyl (C=O) groups excluding carboxylic acids is 1. The minimum atomic E-state index is -1.44. The second kappa shape index (κ2) is 13.3. The maximum atomic E-state index is 14.7. The summed E-state index contributed by atoms with van der Waals surface area (Å²) in [4.78, 5) is 46.9. The number of aromatic nitrogens is 5. The fourth-order valence-corrected chi connectivity index (χ4v) is 7.22. The van der Waals surface area contributed by atoms with Crippen molar-refractivity contribution in [3.8, 4) is 10.8 Å². The number of piperidine rings is 1. The smallest absolute Gasteiger partial charge is 0.333 e. The van der Waals surface area contributed by atoms with Gasteiger partial charge >= 0.3 is 5.69 Å². The summed E-state index contributed by atoms with van der Waals surface area (Å²) in [5, 5.41) is 9.41. The Bertz CT molecular complexity index is 1790. The zero-order valence-corrected chi connectivity index (χ0v) is 27.5. The maximum Gasteiger partial charge on any atom is 0.333 e. The molecule has 0 spiro atoms. The Hall–Kier alpha value is -3.84. The third kappa shape index (κ3) is 5.95. The monoisotopic (exact) mass is 640 g/mol. The Balaban J connectivity index is 1.79. The lowest BCUT2D eigenvalue weighted by molar-refractivity contribution is -0.141. The molecule has 2 unspecified atom stereocenters. The second-order valence-corrected chi connectivity index (χ2v) is 12.8. The molecule has 1 saturated heterocycles. The molecule has 0 radical (unpaired) electrons. The molecule has 45 heavy (non-hydrogen) atoms. The Labute approximate surface area is 265 Å². The average molecular weight is 641 g/mol. The van der Waals surface area contributed by atoms with Gasteiger partial charge < -0.3 is 14.4 Å². The largest absolute Gasteiger partial charge is 0.496 e. The van der Waals surface area contributed by atoms with Crippen LogP contribution in [0.25, 0.3) is 15.2 Å². The summed E-state index contributed by atoms with van der Waals surface area (Å²) in [7, 11) is 1.49. The van der Waals surface area contributed by atoms with Crippen molar-refractivity contribution >= 4 is 27.5 Å². The first-order chi connectivity index (χ1) is 21.5. The molecule has 1 aliphatic rings. The van der Waals surface area contributed by atoms with Gasteiger partial charge in [0.1, 0.15) is 33.0 Å². The zero-order valence-electron chi connectivity index (χ0n) is 26.7. The molecule has 0 aliphatic carbocycles. The number of amides is 1. The van der Waals surface area contributed by atoms with E-state index >= 15 is 0 Å². The van der Waals surface area contributed by atoms with E-state index in [0.29, 0.717) is 51.6 Å². The molecule has 0 N–H and O–H groups in total. The normalized spacial score (nSPS) is 16.5. The molecule has 4 heterocycles. The van der Waals surface area contributed by atoms with Crippen LogP contribution in [-0.4, -0.2) is 61.2 Å². The molecular formula is C32H41FN6O5S. The molecule has 3 aromatic heterocycles. The lowest BCUT2D eigenvalue weighted by Crippen LogP contribution is -2.58. The highest BCUT2D eigenvalue weighted by molar-refractivity contribution is 7.21. The summed E-state index contributed by atoms with van der Waals surface area (Å²) < 4.78 is 29.3. The van der Waals surface area contributed by atoms with Gasteiger partial charge in [-0.3, -0.25) is 14.2 Å². The fraction of sp³-hybridized carbons (Fsp3) is 0.531. The van der Waals surface area contributed by atoms with Gasteiger partial charge in [0.25, 0.3) is 5.56 Å².